The van der Waals surface area contributed by atoms with Crippen molar-refractivity contribution in [2.45, 2.75) is 119 Å². The zero-order valence-corrected chi connectivity index (χ0v) is 47.8. The number of para-hydroxylation sites is 2. The molecule has 10 aromatic carbocycles. The van der Waals surface area contributed by atoms with Crippen molar-refractivity contribution in [3.05, 3.63) is 155 Å². The van der Waals surface area contributed by atoms with Crippen molar-refractivity contribution >= 4 is 78.5 Å². The van der Waals surface area contributed by atoms with Crippen LogP contribution in [0.25, 0.3) is 76.8 Å². The summed E-state index contributed by atoms with van der Waals surface area (Å²) in [7, 11) is 3.57. The number of ether oxygens (including phenoxy) is 4. The number of hydrogen-bond acceptors (Lipinski definition) is 4. The van der Waals surface area contributed by atoms with Gasteiger partial charge >= 0.3 is 0 Å². The Bertz CT molecular complexity index is 3880. The molecule has 0 radical (unpaired) electrons. The Morgan fingerprint density at radius 3 is 1.03 bits per heavy atom. The van der Waals surface area contributed by atoms with Gasteiger partial charge in [0.2, 0.25) is 0 Å². The largest absolute Gasteiger partial charge is 0.497 e. The Hall–Kier alpha value is -7.43. The molecule has 0 fully saturated rings. The van der Waals surface area contributed by atoms with Crippen molar-refractivity contribution in [2.24, 2.45) is 0 Å². The van der Waals surface area contributed by atoms with Gasteiger partial charge in [-0.1, -0.05) is 167 Å². The second kappa shape index (κ2) is 17.5. The van der Waals surface area contributed by atoms with E-state index >= 15 is 0 Å². The molecule has 4 heterocycles. The van der Waals surface area contributed by atoms with Crippen molar-refractivity contribution in [1.82, 2.24) is 0 Å². The minimum Gasteiger partial charge on any atom is -0.497 e. The molecule has 4 aliphatic heterocycles. The molecule has 4 nitrogen and oxygen atoms in total. The molecule has 14 rings (SSSR count). The molecule has 0 N–H and O–H groups in total. The van der Waals surface area contributed by atoms with E-state index in [1.165, 1.54) is 143 Å². The molecule has 386 valence electrons. The SMILES string of the molecule is COc1cc2c3c(c1)-c1cc(-c4c(C(C)C)cc(C(C)C)cc4C(C)C)c4cc5c6c(cc(-c7c(C(C)C)cc(C(C)C)cc7C(C)C)c7cc(c1c4c76)B3c1ccccc1O2)-c1cc(OC)cc2c1B5c1ccccc1O2. The van der Waals surface area contributed by atoms with Crippen LogP contribution in [0.3, 0.4) is 0 Å². The minimum atomic E-state index is -0.0918. The number of hydrogen-bond donors (Lipinski definition) is 0. The Morgan fingerprint density at radius 2 is 0.692 bits per heavy atom. The first-order valence-corrected chi connectivity index (χ1v) is 28.8. The molecule has 0 aliphatic carbocycles. The van der Waals surface area contributed by atoms with Gasteiger partial charge in [-0.2, -0.15) is 0 Å². The molecule has 78 heavy (non-hydrogen) atoms. The van der Waals surface area contributed by atoms with Crippen LogP contribution < -0.4 is 51.7 Å². The van der Waals surface area contributed by atoms with Gasteiger partial charge in [-0.3, -0.25) is 0 Å². The van der Waals surface area contributed by atoms with E-state index in [1.54, 1.807) is 14.2 Å². The van der Waals surface area contributed by atoms with Crippen LogP contribution in [-0.4, -0.2) is 27.6 Å². The highest BCUT2D eigenvalue weighted by Gasteiger charge is 2.45. The topological polar surface area (TPSA) is 36.9 Å². The lowest BCUT2D eigenvalue weighted by Gasteiger charge is -2.38. The van der Waals surface area contributed by atoms with Crippen molar-refractivity contribution in [2.75, 3.05) is 14.2 Å². The fourth-order valence-electron chi connectivity index (χ4n) is 14.6. The molecule has 0 atom stereocenters. The number of fused-ring (bicyclic) bond motifs is 8. The molecule has 10 aromatic rings. The van der Waals surface area contributed by atoms with E-state index in [2.05, 4.69) is 204 Å². The van der Waals surface area contributed by atoms with E-state index in [-0.39, 0.29) is 37.1 Å². The van der Waals surface area contributed by atoms with Crippen molar-refractivity contribution < 1.29 is 18.9 Å². The van der Waals surface area contributed by atoms with Gasteiger partial charge < -0.3 is 18.9 Å². The van der Waals surface area contributed by atoms with E-state index in [9.17, 15) is 0 Å². The Balaban J connectivity index is 1.29. The van der Waals surface area contributed by atoms with Gasteiger partial charge in [0.15, 0.2) is 0 Å². The summed E-state index contributed by atoms with van der Waals surface area (Å²) >= 11 is 0. The van der Waals surface area contributed by atoms with Gasteiger partial charge in [-0.25, -0.2) is 0 Å². The van der Waals surface area contributed by atoms with Crippen LogP contribution >= 0.6 is 0 Å². The average Bonchev–Trinajstić information content (AvgIpc) is 1.84. The van der Waals surface area contributed by atoms with Crippen molar-refractivity contribution in [3.8, 4) is 79.0 Å². The lowest BCUT2D eigenvalue weighted by atomic mass is 9.32. The van der Waals surface area contributed by atoms with Gasteiger partial charge in [0.1, 0.15) is 34.5 Å². The first-order chi connectivity index (χ1) is 37.6. The highest BCUT2D eigenvalue weighted by Crippen LogP contribution is 2.54. The molecule has 0 amide bonds. The first kappa shape index (κ1) is 48.9. The van der Waals surface area contributed by atoms with Crippen LogP contribution in [0, 0.1) is 0 Å². The summed E-state index contributed by atoms with van der Waals surface area (Å²) in [5.41, 5.74) is 25.9. The lowest BCUT2D eigenvalue weighted by molar-refractivity contribution is 0.409. The molecule has 0 bridgehead atoms. The molecule has 4 aliphatic rings. The van der Waals surface area contributed by atoms with Crippen LogP contribution in [0.2, 0.25) is 0 Å². The van der Waals surface area contributed by atoms with Crippen LogP contribution in [0.1, 0.15) is 152 Å². The smallest absolute Gasteiger partial charge is 0.252 e. The second-order valence-electron chi connectivity index (χ2n) is 24.9. The van der Waals surface area contributed by atoms with Gasteiger partial charge in [-0.15, -0.1) is 0 Å². The van der Waals surface area contributed by atoms with E-state index in [0.717, 1.165) is 34.5 Å². The molecule has 0 saturated heterocycles. The molecule has 0 unspecified atom stereocenters. The third-order valence-corrected chi connectivity index (χ3v) is 18.3. The van der Waals surface area contributed by atoms with Crippen LogP contribution in [0.15, 0.2) is 121 Å². The average molecular weight is 1020 g/mol. The third kappa shape index (κ3) is 6.80. The number of rotatable bonds is 10. The Kier molecular flexibility index (Phi) is 11.0. The first-order valence-electron chi connectivity index (χ1n) is 28.8. The maximum atomic E-state index is 7.04. The summed E-state index contributed by atoms with van der Waals surface area (Å²) in [6.45, 7) is 28.3. The van der Waals surface area contributed by atoms with E-state index in [4.69, 9.17) is 18.9 Å². The van der Waals surface area contributed by atoms with Crippen molar-refractivity contribution in [1.29, 1.82) is 0 Å². The molecule has 0 spiro atoms. The van der Waals surface area contributed by atoms with Gasteiger partial charge in [0, 0.05) is 12.1 Å². The predicted molar refractivity (Wildman–Crippen MR) is 332 cm³/mol. The monoisotopic (exact) mass is 1020 g/mol. The summed E-state index contributed by atoms with van der Waals surface area (Å²) in [6, 6.07) is 46.9. The van der Waals surface area contributed by atoms with Crippen LogP contribution in [-0.2, 0) is 0 Å². The van der Waals surface area contributed by atoms with Gasteiger partial charge in [0.05, 0.1) is 14.2 Å². The maximum Gasteiger partial charge on any atom is 0.252 e. The predicted octanol–water partition coefficient (Wildman–Crippen LogP) is 15.9. The molecular weight excluding hydrogens is 950 g/mol. The number of methoxy groups -OCH3 is 2. The van der Waals surface area contributed by atoms with E-state index in [1.807, 2.05) is 0 Å². The highest BCUT2D eigenvalue weighted by molar-refractivity contribution is 7.01. The minimum absolute atomic E-state index is 0.0918. The van der Waals surface area contributed by atoms with E-state index < -0.39 is 0 Å². The Labute approximate surface area is 461 Å². The lowest BCUT2D eigenvalue weighted by Crippen LogP contribution is -2.58. The maximum absolute atomic E-state index is 7.04. The number of benzene rings is 10. The standard InChI is InChI=1S/C72H68B2O4/c1-35(2)41-23-45(37(5)6)65(46(24-41)38(7)8)49-31-51-55-27-43(75-13)29-63-71(55)74(58-20-16-18-22-62(58)77-63)60-34-54-50(66-47(39(9)10)25-42(36(3)4)26-48(66)40(11)12)32-52-56-28-44(76-14)30-64-72(56)73(57-19-15-17-21-61(57)78-64)59-33-53(49)69(67(51)60)70(54)68(52)59/h15-40H,1-14H3. The zero-order valence-electron chi connectivity index (χ0n) is 47.8. The summed E-state index contributed by atoms with van der Waals surface area (Å²) in [5, 5.41) is 7.88. The summed E-state index contributed by atoms with van der Waals surface area (Å²) in [5.74, 6) is 6.90. The fourth-order valence-corrected chi connectivity index (χ4v) is 14.6. The molecule has 0 saturated carbocycles. The molecule has 6 heteroatoms. The van der Waals surface area contributed by atoms with Gasteiger partial charge in [-0.05, 0) is 204 Å². The zero-order chi connectivity index (χ0) is 54.1. The Morgan fingerprint density at radius 1 is 0.333 bits per heavy atom. The summed E-state index contributed by atoms with van der Waals surface area (Å²) in [6.07, 6.45) is 0. The van der Waals surface area contributed by atoms with Crippen molar-refractivity contribution in [3.63, 3.8) is 0 Å². The van der Waals surface area contributed by atoms with Crippen LogP contribution in [0.4, 0.5) is 0 Å². The second-order valence-corrected chi connectivity index (χ2v) is 24.9. The molecular formula is C72H68B2O4. The van der Waals surface area contributed by atoms with Crippen LogP contribution in [0.5, 0.6) is 34.5 Å². The van der Waals surface area contributed by atoms with Gasteiger partial charge in [0.25, 0.3) is 13.4 Å². The summed E-state index contributed by atoms with van der Waals surface area (Å²) in [4.78, 5) is 0. The quantitative estimate of drug-likeness (QED) is 0.101. The third-order valence-electron chi connectivity index (χ3n) is 18.3. The highest BCUT2D eigenvalue weighted by atomic mass is 16.5. The normalized spacial score (nSPS) is 13.6. The van der Waals surface area contributed by atoms with E-state index in [0.29, 0.717) is 11.8 Å². The summed E-state index contributed by atoms with van der Waals surface area (Å²) < 4.78 is 26.6. The molecule has 0 aromatic heterocycles. The fraction of sp³-hybridized carbons (Fsp3) is 0.278.